The molecule has 1 aliphatic heterocycles. The van der Waals surface area contributed by atoms with Crippen LogP contribution in [0.25, 0.3) is 5.76 Å². The van der Waals surface area contributed by atoms with E-state index in [4.69, 9.17) is 4.74 Å². The predicted molar refractivity (Wildman–Crippen MR) is 123 cm³/mol. The number of aliphatic hydroxyl groups is 1. The molecule has 9 heteroatoms. The van der Waals surface area contributed by atoms with Crippen LogP contribution in [0.3, 0.4) is 0 Å². The van der Waals surface area contributed by atoms with Gasteiger partial charge in [-0.25, -0.2) is 4.79 Å². The number of likely N-dealkylation sites (N-methyl/N-ethyl adjacent to an activating group) is 1. The van der Waals surface area contributed by atoms with Crippen LogP contribution in [0.5, 0.6) is 0 Å². The number of esters is 1. The third-order valence-electron chi connectivity index (χ3n) is 6.12. The Bertz CT molecular complexity index is 1090. The number of ketones is 1. The van der Waals surface area contributed by atoms with Gasteiger partial charge in [-0.3, -0.25) is 14.6 Å². The molecule has 176 valence electrons. The minimum Gasteiger partial charge on any atom is -0.507 e. The van der Waals surface area contributed by atoms with Crippen molar-refractivity contribution in [2.45, 2.75) is 33.7 Å². The fourth-order valence-electron chi connectivity index (χ4n) is 4.29. The van der Waals surface area contributed by atoms with E-state index in [0.29, 0.717) is 35.6 Å². The first-order chi connectivity index (χ1) is 15.8. The number of aromatic amines is 1. The highest BCUT2D eigenvalue weighted by atomic mass is 16.5. The van der Waals surface area contributed by atoms with Crippen molar-refractivity contribution in [3.05, 3.63) is 58.2 Å². The second-order valence-electron chi connectivity index (χ2n) is 7.89. The average molecular weight is 455 g/mol. The Balaban J connectivity index is 2.16. The lowest BCUT2D eigenvalue weighted by molar-refractivity contribution is -0.140. The first-order valence-electron chi connectivity index (χ1n) is 11.0. The number of amides is 1. The molecule has 0 saturated carbocycles. The SMILES string of the molecule is CCN(CC)CCN1C(=O)C(=O)C(=C(O)c2c(C)[nH]c(C(=O)OC)c2C)C1c1ccccn1. The zero-order valence-corrected chi connectivity index (χ0v) is 19.6. The Morgan fingerprint density at radius 1 is 1.24 bits per heavy atom. The van der Waals surface area contributed by atoms with Gasteiger partial charge in [-0.1, -0.05) is 19.9 Å². The molecule has 2 aromatic heterocycles. The van der Waals surface area contributed by atoms with Gasteiger partial charge in [-0.2, -0.15) is 0 Å². The summed E-state index contributed by atoms with van der Waals surface area (Å²) in [5.41, 5.74) is 1.85. The molecule has 0 spiro atoms. The normalized spacial score (nSPS) is 17.8. The van der Waals surface area contributed by atoms with Gasteiger partial charge in [0.1, 0.15) is 17.5 Å². The van der Waals surface area contributed by atoms with Gasteiger partial charge in [0.25, 0.3) is 11.7 Å². The first kappa shape index (κ1) is 24.2. The number of ether oxygens (including phenoxy) is 1. The van der Waals surface area contributed by atoms with Crippen molar-refractivity contribution in [1.82, 2.24) is 19.8 Å². The molecule has 2 aromatic rings. The van der Waals surface area contributed by atoms with E-state index in [0.717, 1.165) is 13.1 Å². The van der Waals surface area contributed by atoms with Crippen LogP contribution in [-0.4, -0.2) is 75.8 Å². The maximum atomic E-state index is 13.2. The zero-order chi connectivity index (χ0) is 24.3. The summed E-state index contributed by atoms with van der Waals surface area (Å²) in [7, 11) is 1.26. The molecule has 0 aromatic carbocycles. The lowest BCUT2D eigenvalue weighted by atomic mass is 9.96. The van der Waals surface area contributed by atoms with Crippen LogP contribution in [-0.2, 0) is 14.3 Å². The van der Waals surface area contributed by atoms with Crippen molar-refractivity contribution in [3.8, 4) is 0 Å². The topological polar surface area (TPSA) is 116 Å². The zero-order valence-electron chi connectivity index (χ0n) is 19.6. The van der Waals surface area contributed by atoms with Crippen LogP contribution in [0.15, 0.2) is 30.0 Å². The van der Waals surface area contributed by atoms with Gasteiger partial charge in [0.05, 0.1) is 18.4 Å². The number of likely N-dealkylation sites (tertiary alicyclic amines) is 1. The van der Waals surface area contributed by atoms with Gasteiger partial charge in [0, 0.05) is 30.5 Å². The van der Waals surface area contributed by atoms with Crippen LogP contribution in [0, 0.1) is 13.8 Å². The summed E-state index contributed by atoms with van der Waals surface area (Å²) in [5, 5.41) is 11.3. The third kappa shape index (κ3) is 4.41. The predicted octanol–water partition coefficient (Wildman–Crippen LogP) is 2.58. The number of nitrogens with zero attached hydrogens (tertiary/aromatic N) is 3. The number of aliphatic hydroxyl groups excluding tert-OH is 1. The third-order valence-corrected chi connectivity index (χ3v) is 6.12. The number of hydrogen-bond donors (Lipinski definition) is 2. The summed E-state index contributed by atoms with van der Waals surface area (Å²) in [6.07, 6.45) is 1.59. The van der Waals surface area contributed by atoms with Crippen molar-refractivity contribution >= 4 is 23.4 Å². The molecule has 1 unspecified atom stereocenters. The Morgan fingerprint density at radius 3 is 2.52 bits per heavy atom. The van der Waals surface area contributed by atoms with Crippen LogP contribution < -0.4 is 0 Å². The number of pyridine rings is 1. The number of aryl methyl sites for hydroxylation is 1. The average Bonchev–Trinajstić information content (AvgIpc) is 3.26. The van der Waals surface area contributed by atoms with E-state index in [1.807, 2.05) is 13.8 Å². The van der Waals surface area contributed by atoms with E-state index in [-0.39, 0.29) is 17.0 Å². The van der Waals surface area contributed by atoms with Gasteiger partial charge < -0.3 is 24.6 Å². The highest BCUT2D eigenvalue weighted by molar-refractivity contribution is 6.46. The van der Waals surface area contributed by atoms with Crippen molar-refractivity contribution < 1.29 is 24.2 Å². The molecule has 1 atom stereocenters. The van der Waals surface area contributed by atoms with Crippen LogP contribution in [0.1, 0.15) is 52.9 Å². The Kier molecular flexibility index (Phi) is 7.33. The summed E-state index contributed by atoms with van der Waals surface area (Å²) in [4.78, 5) is 49.2. The Hall–Kier alpha value is -3.46. The van der Waals surface area contributed by atoms with E-state index in [9.17, 15) is 19.5 Å². The largest absolute Gasteiger partial charge is 0.507 e. The molecule has 0 aliphatic carbocycles. The summed E-state index contributed by atoms with van der Waals surface area (Å²) in [6.45, 7) is 9.91. The minimum absolute atomic E-state index is 0.0418. The van der Waals surface area contributed by atoms with E-state index in [2.05, 4.69) is 14.9 Å². The molecule has 1 amide bonds. The number of nitrogens with one attached hydrogen (secondary N) is 1. The number of hydrogen-bond acceptors (Lipinski definition) is 7. The number of carbonyl (C=O) groups is 3. The number of Topliss-reactive ketones (excluding diaryl/α,β-unsaturated/α-hetero) is 1. The monoisotopic (exact) mass is 454 g/mol. The van der Waals surface area contributed by atoms with Crippen LogP contribution in [0.2, 0.25) is 0 Å². The fourth-order valence-corrected chi connectivity index (χ4v) is 4.29. The van der Waals surface area contributed by atoms with Gasteiger partial charge in [0.2, 0.25) is 0 Å². The maximum absolute atomic E-state index is 13.2. The molecule has 2 N–H and O–H groups in total. The summed E-state index contributed by atoms with van der Waals surface area (Å²) < 4.78 is 4.80. The molecular formula is C24H30N4O5. The van der Waals surface area contributed by atoms with Crippen molar-refractivity contribution in [2.75, 3.05) is 33.3 Å². The molecule has 1 saturated heterocycles. The molecule has 0 radical (unpaired) electrons. The molecule has 0 bridgehead atoms. The minimum atomic E-state index is -0.836. The molecule has 1 fully saturated rings. The summed E-state index contributed by atoms with van der Waals surface area (Å²) in [5.74, 6) is -2.38. The van der Waals surface area contributed by atoms with Gasteiger partial charge >= 0.3 is 5.97 Å². The summed E-state index contributed by atoms with van der Waals surface area (Å²) >= 11 is 0. The highest BCUT2D eigenvalue weighted by Crippen LogP contribution is 2.40. The maximum Gasteiger partial charge on any atom is 0.354 e. The summed E-state index contributed by atoms with van der Waals surface area (Å²) in [6, 6.07) is 4.41. The number of carbonyl (C=O) groups excluding carboxylic acids is 3. The number of rotatable bonds is 8. The number of methoxy groups -OCH3 is 1. The van der Waals surface area contributed by atoms with Crippen molar-refractivity contribution in [3.63, 3.8) is 0 Å². The second kappa shape index (κ2) is 9.99. The van der Waals surface area contributed by atoms with Gasteiger partial charge in [0.15, 0.2) is 0 Å². The number of H-pyrrole nitrogens is 1. The molecule has 9 nitrogen and oxygen atoms in total. The molecule has 33 heavy (non-hydrogen) atoms. The highest BCUT2D eigenvalue weighted by Gasteiger charge is 2.47. The van der Waals surface area contributed by atoms with E-state index in [1.54, 1.807) is 38.2 Å². The lowest BCUT2D eigenvalue weighted by Gasteiger charge is -2.27. The first-order valence-corrected chi connectivity index (χ1v) is 11.0. The fraction of sp³-hybridized carbons (Fsp3) is 0.417. The molecule has 3 heterocycles. The number of aromatic nitrogens is 2. The van der Waals surface area contributed by atoms with Gasteiger partial charge in [-0.05, 0) is 44.6 Å². The van der Waals surface area contributed by atoms with Crippen LogP contribution >= 0.6 is 0 Å². The quantitative estimate of drug-likeness (QED) is 0.273. The van der Waals surface area contributed by atoms with E-state index >= 15 is 0 Å². The molecule has 1 aliphatic rings. The smallest absolute Gasteiger partial charge is 0.354 e. The lowest BCUT2D eigenvalue weighted by Crippen LogP contribution is -2.38. The van der Waals surface area contributed by atoms with Crippen molar-refractivity contribution in [2.24, 2.45) is 0 Å². The van der Waals surface area contributed by atoms with Crippen molar-refractivity contribution in [1.29, 1.82) is 0 Å². The Morgan fingerprint density at radius 2 is 1.94 bits per heavy atom. The Labute approximate surface area is 193 Å². The molecular weight excluding hydrogens is 424 g/mol. The van der Waals surface area contributed by atoms with E-state index < -0.39 is 23.7 Å². The van der Waals surface area contributed by atoms with E-state index in [1.165, 1.54) is 12.0 Å². The molecule has 3 rings (SSSR count). The van der Waals surface area contributed by atoms with Crippen LogP contribution in [0.4, 0.5) is 0 Å². The second-order valence-corrected chi connectivity index (χ2v) is 7.89. The standard InChI is InChI=1S/C24H30N4O5/c1-6-27(7-2)12-13-28-20(16-10-8-9-11-25-16)18(22(30)23(28)31)21(29)17-14(3)19(24(32)33-5)26-15(17)4/h8-11,20,26,29H,6-7,12-13H2,1-5H3. The van der Waals surface area contributed by atoms with Gasteiger partial charge in [-0.15, -0.1) is 0 Å².